The van der Waals surface area contributed by atoms with Crippen LogP contribution >= 0.6 is 24.0 Å². The Morgan fingerprint density at radius 3 is 2.56 bits per heavy atom. The number of guanidine groups is 1. The van der Waals surface area contributed by atoms with Crippen LogP contribution in [0.2, 0.25) is 0 Å². The highest BCUT2D eigenvalue weighted by Gasteiger charge is 2.21. The summed E-state index contributed by atoms with van der Waals surface area (Å²) in [4.78, 5) is 24.9. The molecule has 1 aliphatic heterocycles. The fourth-order valence-electron chi connectivity index (χ4n) is 4.17. The van der Waals surface area contributed by atoms with Crippen molar-refractivity contribution in [3.63, 3.8) is 0 Å². The van der Waals surface area contributed by atoms with E-state index < -0.39 is 0 Å². The number of hydrogen-bond acceptors (Lipinski definition) is 3. The molecule has 7 nitrogen and oxygen atoms in total. The molecule has 3 N–H and O–H groups in total. The Balaban J connectivity index is 0.00000363. The molecule has 1 amide bonds. The van der Waals surface area contributed by atoms with E-state index in [-0.39, 0.29) is 35.9 Å². The predicted molar refractivity (Wildman–Crippen MR) is 144 cm³/mol. The summed E-state index contributed by atoms with van der Waals surface area (Å²) < 4.78 is 0. The predicted octanol–water partition coefficient (Wildman–Crippen LogP) is 3.00. The van der Waals surface area contributed by atoms with E-state index in [1.54, 1.807) is 0 Å². The fraction of sp³-hybridized carbons (Fsp3) is 0.583. The van der Waals surface area contributed by atoms with Gasteiger partial charge in [-0.15, -0.1) is 24.0 Å². The van der Waals surface area contributed by atoms with E-state index in [1.165, 1.54) is 22.0 Å². The number of halogens is 1. The number of nitrogens with one attached hydrogen (secondary N) is 3. The zero-order valence-corrected chi connectivity index (χ0v) is 22.2. The molecule has 0 aliphatic carbocycles. The number of amides is 1. The first-order valence-electron chi connectivity index (χ1n) is 11.6. The van der Waals surface area contributed by atoms with Crippen LogP contribution in [0.5, 0.6) is 0 Å². The molecule has 0 saturated carbocycles. The molecular weight excluding hydrogens is 515 g/mol. The van der Waals surface area contributed by atoms with Crippen LogP contribution in [0.25, 0.3) is 10.9 Å². The summed E-state index contributed by atoms with van der Waals surface area (Å²) in [6.07, 6.45) is 4.08. The van der Waals surface area contributed by atoms with Gasteiger partial charge in [-0.05, 0) is 44.7 Å². The second-order valence-corrected chi connectivity index (χ2v) is 8.48. The number of aryl methyl sites for hydroxylation is 1. The molecule has 32 heavy (non-hydrogen) atoms. The van der Waals surface area contributed by atoms with Crippen molar-refractivity contribution in [1.29, 1.82) is 0 Å². The van der Waals surface area contributed by atoms with Gasteiger partial charge in [0.1, 0.15) is 0 Å². The van der Waals surface area contributed by atoms with Gasteiger partial charge in [0.25, 0.3) is 0 Å². The lowest BCUT2D eigenvalue weighted by Gasteiger charge is -2.36. The minimum absolute atomic E-state index is 0. The number of H-pyrrole nitrogens is 1. The van der Waals surface area contributed by atoms with E-state index in [1.807, 2.05) is 13.8 Å². The van der Waals surface area contributed by atoms with Gasteiger partial charge in [0, 0.05) is 62.4 Å². The molecule has 0 spiro atoms. The summed E-state index contributed by atoms with van der Waals surface area (Å²) in [5.41, 5.74) is 3.94. The summed E-state index contributed by atoms with van der Waals surface area (Å²) in [6, 6.07) is 6.72. The Labute approximate surface area is 209 Å². The van der Waals surface area contributed by atoms with Crippen LogP contribution in [0.4, 0.5) is 0 Å². The lowest BCUT2D eigenvalue weighted by Crippen LogP contribution is -2.54. The lowest BCUT2D eigenvalue weighted by molar-refractivity contribution is -0.123. The number of aliphatic imine (C=N–C) groups is 1. The molecule has 8 heteroatoms. The van der Waals surface area contributed by atoms with Crippen molar-refractivity contribution in [1.82, 2.24) is 25.4 Å². The molecule has 178 valence electrons. The third-order valence-electron chi connectivity index (χ3n) is 5.73. The Kier molecular flexibility index (Phi) is 10.8. The second-order valence-electron chi connectivity index (χ2n) is 8.48. The number of carbonyl (C=O) groups is 1. The molecule has 0 radical (unpaired) electrons. The number of aromatic nitrogens is 1. The van der Waals surface area contributed by atoms with E-state index in [0.717, 1.165) is 58.1 Å². The number of nitrogens with zero attached hydrogens (tertiary/aromatic N) is 3. The van der Waals surface area contributed by atoms with E-state index in [4.69, 9.17) is 4.99 Å². The van der Waals surface area contributed by atoms with Gasteiger partial charge >= 0.3 is 0 Å². The van der Waals surface area contributed by atoms with Crippen molar-refractivity contribution in [2.24, 2.45) is 4.99 Å². The molecular formula is C24H39IN6O. The van der Waals surface area contributed by atoms with E-state index >= 15 is 0 Å². The maximum atomic E-state index is 12.0. The molecule has 1 aliphatic rings. The van der Waals surface area contributed by atoms with Crippen molar-refractivity contribution in [3.8, 4) is 0 Å². The summed E-state index contributed by atoms with van der Waals surface area (Å²) in [7, 11) is 0. The van der Waals surface area contributed by atoms with Crippen LogP contribution < -0.4 is 10.6 Å². The van der Waals surface area contributed by atoms with Crippen LogP contribution in [0.3, 0.4) is 0 Å². The lowest BCUT2D eigenvalue weighted by atomic mass is 10.1. The smallest absolute Gasteiger partial charge is 0.234 e. The standard InChI is InChI=1S/C24H38N6O.HI/c1-5-19-8-7-9-21-20(16-27-23(19)21)10-11-26-24(25-6-2)30-14-12-29(13-15-30)17-22(31)28-18(3)4;/h7-9,16,18,27H,5-6,10-15,17H2,1-4H3,(H,25,26)(H,28,31);1H. The number of para-hydroxylation sites is 1. The van der Waals surface area contributed by atoms with E-state index in [2.05, 4.69) is 63.7 Å². The van der Waals surface area contributed by atoms with Gasteiger partial charge in [0.05, 0.1) is 6.54 Å². The molecule has 2 aromatic rings. The Bertz CT molecular complexity index is 886. The molecule has 1 aromatic carbocycles. The Hall–Kier alpha value is -1.81. The average Bonchev–Trinajstić information content (AvgIpc) is 3.16. The van der Waals surface area contributed by atoms with Gasteiger partial charge in [-0.1, -0.05) is 25.1 Å². The van der Waals surface area contributed by atoms with Crippen LogP contribution in [0, 0.1) is 0 Å². The summed E-state index contributed by atoms with van der Waals surface area (Å²) in [5, 5.41) is 7.73. The number of fused-ring (bicyclic) bond motifs is 1. The maximum Gasteiger partial charge on any atom is 0.234 e. The van der Waals surface area contributed by atoms with Crippen molar-refractivity contribution in [2.75, 3.05) is 45.8 Å². The van der Waals surface area contributed by atoms with Gasteiger partial charge in [-0.3, -0.25) is 14.7 Å². The number of rotatable bonds is 8. The molecule has 1 fully saturated rings. The first-order valence-corrected chi connectivity index (χ1v) is 11.6. The normalized spacial score (nSPS) is 15.2. The third-order valence-corrected chi connectivity index (χ3v) is 5.73. The third kappa shape index (κ3) is 7.10. The zero-order chi connectivity index (χ0) is 22.2. The second kappa shape index (κ2) is 13.0. The van der Waals surface area contributed by atoms with Crippen LogP contribution in [-0.4, -0.2) is 78.5 Å². The van der Waals surface area contributed by atoms with Crippen molar-refractivity contribution in [3.05, 3.63) is 35.5 Å². The van der Waals surface area contributed by atoms with Gasteiger partial charge < -0.3 is 20.5 Å². The number of hydrogen-bond donors (Lipinski definition) is 3. The van der Waals surface area contributed by atoms with E-state index in [9.17, 15) is 4.79 Å². The van der Waals surface area contributed by atoms with Crippen molar-refractivity contribution < 1.29 is 4.79 Å². The molecule has 3 rings (SSSR count). The first-order chi connectivity index (χ1) is 15.0. The highest BCUT2D eigenvalue weighted by atomic mass is 127. The maximum absolute atomic E-state index is 12.0. The molecule has 0 atom stereocenters. The quantitative estimate of drug-likeness (QED) is 0.267. The number of benzene rings is 1. The zero-order valence-electron chi connectivity index (χ0n) is 19.9. The van der Waals surface area contributed by atoms with Crippen LogP contribution in [0.15, 0.2) is 29.4 Å². The largest absolute Gasteiger partial charge is 0.361 e. The fourth-order valence-corrected chi connectivity index (χ4v) is 4.17. The summed E-state index contributed by atoms with van der Waals surface area (Å²) in [5.74, 6) is 1.08. The molecule has 0 bridgehead atoms. The first kappa shape index (κ1) is 26.4. The number of carbonyl (C=O) groups excluding carboxylic acids is 1. The minimum atomic E-state index is 0. The molecule has 1 saturated heterocycles. The molecule has 0 unspecified atom stereocenters. The van der Waals surface area contributed by atoms with Crippen molar-refractivity contribution in [2.45, 2.75) is 46.6 Å². The molecule has 1 aromatic heterocycles. The number of piperazine rings is 1. The van der Waals surface area contributed by atoms with Gasteiger partial charge in [0.15, 0.2) is 5.96 Å². The highest BCUT2D eigenvalue weighted by Crippen LogP contribution is 2.22. The van der Waals surface area contributed by atoms with Crippen LogP contribution in [-0.2, 0) is 17.6 Å². The number of aromatic amines is 1. The van der Waals surface area contributed by atoms with E-state index in [0.29, 0.717) is 6.54 Å². The SMILES string of the molecule is CCNC(=NCCc1c[nH]c2c(CC)cccc12)N1CCN(CC(=O)NC(C)C)CC1.I. The summed E-state index contributed by atoms with van der Waals surface area (Å²) in [6.45, 7) is 13.9. The highest BCUT2D eigenvalue weighted by molar-refractivity contribution is 14.0. The monoisotopic (exact) mass is 554 g/mol. The molecule has 2 heterocycles. The van der Waals surface area contributed by atoms with Gasteiger partial charge in [-0.25, -0.2) is 0 Å². The van der Waals surface area contributed by atoms with Crippen molar-refractivity contribution >= 4 is 46.7 Å². The topological polar surface area (TPSA) is 75.8 Å². The Morgan fingerprint density at radius 2 is 1.91 bits per heavy atom. The van der Waals surface area contributed by atoms with Gasteiger partial charge in [0.2, 0.25) is 5.91 Å². The Morgan fingerprint density at radius 1 is 1.16 bits per heavy atom. The van der Waals surface area contributed by atoms with Gasteiger partial charge in [-0.2, -0.15) is 0 Å². The summed E-state index contributed by atoms with van der Waals surface area (Å²) >= 11 is 0. The average molecular weight is 555 g/mol. The van der Waals surface area contributed by atoms with Crippen LogP contribution in [0.1, 0.15) is 38.8 Å². The minimum Gasteiger partial charge on any atom is -0.361 e.